The van der Waals surface area contributed by atoms with Crippen molar-refractivity contribution in [3.05, 3.63) is 92.3 Å². The molecule has 4 heterocycles. The molecule has 2 aromatic heterocycles. The Bertz CT molecular complexity index is 2050. The fourth-order valence-corrected chi connectivity index (χ4v) is 7.39. The zero-order chi connectivity index (χ0) is 36.2. The summed E-state index contributed by atoms with van der Waals surface area (Å²) in [6, 6.07) is 12.5. The third kappa shape index (κ3) is 8.07. The summed E-state index contributed by atoms with van der Waals surface area (Å²) in [5.41, 5.74) is 4.48. The van der Waals surface area contributed by atoms with Gasteiger partial charge >= 0.3 is 0 Å². The summed E-state index contributed by atoms with van der Waals surface area (Å²) < 4.78 is 2.00. The van der Waals surface area contributed by atoms with Crippen molar-refractivity contribution in [2.24, 2.45) is 4.99 Å². The number of carbonyl (C=O) groups is 5. The number of hydrogen-bond donors (Lipinski definition) is 4. The number of aromatic nitrogens is 3. The molecule has 6 rings (SSSR count). The van der Waals surface area contributed by atoms with Gasteiger partial charge in [0.05, 0.1) is 12.1 Å². The summed E-state index contributed by atoms with van der Waals surface area (Å²) in [5.74, 6) is -0.502. The average Bonchev–Trinajstić information content (AvgIpc) is 3.58. The summed E-state index contributed by atoms with van der Waals surface area (Å²) in [5, 5.41) is 21.0. The number of nitrogens with one attached hydrogen (secondary N) is 4. The minimum absolute atomic E-state index is 0.0656. The molecule has 264 valence electrons. The number of anilines is 1. The quantitative estimate of drug-likeness (QED) is 0.128. The van der Waals surface area contributed by atoms with Gasteiger partial charge in [-0.1, -0.05) is 29.8 Å². The van der Waals surface area contributed by atoms with Gasteiger partial charge in [-0.05, 0) is 75.9 Å². The molecule has 0 radical (unpaired) electrons. The van der Waals surface area contributed by atoms with E-state index >= 15 is 0 Å². The molecular formula is C36H37ClN8O5S. The Morgan fingerprint density at radius 3 is 2.57 bits per heavy atom. The van der Waals surface area contributed by atoms with E-state index in [1.807, 2.05) is 35.8 Å². The molecule has 0 saturated carbocycles. The van der Waals surface area contributed by atoms with E-state index < -0.39 is 23.9 Å². The number of hydrogen-bond acceptors (Lipinski definition) is 9. The monoisotopic (exact) mass is 728 g/mol. The zero-order valence-corrected chi connectivity index (χ0v) is 29.9. The van der Waals surface area contributed by atoms with Gasteiger partial charge in [0.25, 0.3) is 5.91 Å². The minimum Gasteiger partial charge on any atom is -0.356 e. The maximum Gasteiger partial charge on any atom is 0.252 e. The smallest absolute Gasteiger partial charge is 0.252 e. The fraction of sp³-hybridized carbons (Fsp3) is 0.333. The lowest BCUT2D eigenvalue weighted by Gasteiger charge is -2.21. The summed E-state index contributed by atoms with van der Waals surface area (Å²) in [6.45, 7) is 6.42. The van der Waals surface area contributed by atoms with Crippen LogP contribution in [0.3, 0.4) is 0 Å². The highest BCUT2D eigenvalue weighted by atomic mass is 35.5. The Kier molecular flexibility index (Phi) is 10.7. The minimum atomic E-state index is -0.798. The van der Waals surface area contributed by atoms with E-state index in [2.05, 4.69) is 45.3 Å². The molecule has 1 unspecified atom stereocenters. The van der Waals surface area contributed by atoms with E-state index in [0.717, 1.165) is 32.3 Å². The summed E-state index contributed by atoms with van der Waals surface area (Å²) in [7, 11) is 0. The number of aliphatic imine (C=N–C) groups is 1. The molecule has 1 fully saturated rings. The largest absolute Gasteiger partial charge is 0.356 e. The molecule has 0 aliphatic carbocycles. The van der Waals surface area contributed by atoms with Crippen molar-refractivity contribution in [3.8, 4) is 5.00 Å². The van der Waals surface area contributed by atoms with Gasteiger partial charge in [-0.15, -0.1) is 21.5 Å². The standard InChI is InChI=1S/C36H37ClN8O5S/c1-19-20(2)51-36-31(19)32(22-10-12-24(37)13-11-22)40-27(33-44-43-21(3)45(33)36)18-30(48)38-16-5-4-9-28(46)39-25-8-6-7-23(17-25)34(49)41-26-14-15-29(47)42-35(26)50/h6-8,10-13,17,26-27H,4-5,9,14-16,18H2,1-3H3,(H,38,48)(H,39,46)(H,41,49)(H,42,47,50)/t26?,27-/m0/s1. The van der Waals surface area contributed by atoms with Crippen LogP contribution in [0.15, 0.2) is 53.5 Å². The summed E-state index contributed by atoms with van der Waals surface area (Å²) in [6.07, 6.45) is 1.75. The molecule has 4 aromatic rings. The normalized spacial score (nSPS) is 16.7. The second kappa shape index (κ2) is 15.4. The molecule has 0 spiro atoms. The number of unbranched alkanes of at least 4 members (excludes halogenated alkanes) is 1. The van der Waals surface area contributed by atoms with Crippen molar-refractivity contribution < 1.29 is 24.0 Å². The first-order valence-electron chi connectivity index (χ1n) is 16.7. The molecule has 4 N–H and O–H groups in total. The van der Waals surface area contributed by atoms with Crippen LogP contribution in [0.25, 0.3) is 5.00 Å². The lowest BCUT2D eigenvalue weighted by molar-refractivity contribution is -0.134. The molecule has 0 bridgehead atoms. The predicted molar refractivity (Wildman–Crippen MR) is 193 cm³/mol. The van der Waals surface area contributed by atoms with Crippen molar-refractivity contribution in [1.29, 1.82) is 0 Å². The number of piperidine rings is 1. The first-order valence-corrected chi connectivity index (χ1v) is 17.9. The van der Waals surface area contributed by atoms with E-state index in [-0.39, 0.29) is 49.0 Å². The molecule has 2 atom stereocenters. The van der Waals surface area contributed by atoms with Gasteiger partial charge in [-0.2, -0.15) is 0 Å². The van der Waals surface area contributed by atoms with E-state index in [4.69, 9.17) is 16.6 Å². The predicted octanol–water partition coefficient (Wildman–Crippen LogP) is 4.65. The molecule has 5 amide bonds. The van der Waals surface area contributed by atoms with Crippen LogP contribution in [0.5, 0.6) is 0 Å². The number of nitrogens with zero attached hydrogens (tertiary/aromatic N) is 4. The first-order chi connectivity index (χ1) is 24.5. The average molecular weight is 729 g/mol. The lowest BCUT2D eigenvalue weighted by atomic mass is 9.99. The van der Waals surface area contributed by atoms with Crippen LogP contribution in [-0.4, -0.2) is 62.6 Å². The number of rotatable bonds is 11. The maximum absolute atomic E-state index is 13.2. The van der Waals surface area contributed by atoms with Gasteiger partial charge in [0, 0.05) is 51.7 Å². The van der Waals surface area contributed by atoms with Crippen molar-refractivity contribution in [2.45, 2.75) is 71.4 Å². The van der Waals surface area contributed by atoms with E-state index in [1.54, 1.807) is 29.5 Å². The number of halogens is 1. The molecular weight excluding hydrogens is 692 g/mol. The molecule has 1 saturated heterocycles. The van der Waals surface area contributed by atoms with E-state index in [9.17, 15) is 24.0 Å². The van der Waals surface area contributed by atoms with Gasteiger partial charge in [0.2, 0.25) is 23.6 Å². The highest BCUT2D eigenvalue weighted by Gasteiger charge is 2.32. The van der Waals surface area contributed by atoms with Gasteiger partial charge in [0.15, 0.2) is 5.82 Å². The number of amides is 5. The number of aryl methyl sites for hydroxylation is 2. The topological polar surface area (TPSA) is 177 Å². The highest BCUT2D eigenvalue weighted by molar-refractivity contribution is 7.15. The van der Waals surface area contributed by atoms with E-state index in [1.165, 1.54) is 6.07 Å². The molecule has 13 nitrogen and oxygen atoms in total. The van der Waals surface area contributed by atoms with Crippen LogP contribution in [-0.2, 0) is 19.2 Å². The number of thiophene rings is 1. The summed E-state index contributed by atoms with van der Waals surface area (Å²) in [4.78, 5) is 68.3. The van der Waals surface area contributed by atoms with Crippen LogP contribution in [0.2, 0.25) is 5.02 Å². The second-order valence-corrected chi connectivity index (χ2v) is 14.2. The Morgan fingerprint density at radius 2 is 1.80 bits per heavy atom. The molecule has 15 heteroatoms. The van der Waals surface area contributed by atoms with Crippen LogP contribution >= 0.6 is 22.9 Å². The second-order valence-electron chi connectivity index (χ2n) is 12.5. The van der Waals surface area contributed by atoms with Crippen LogP contribution in [0, 0.1) is 20.8 Å². The Labute approximate surface area is 303 Å². The van der Waals surface area contributed by atoms with Crippen molar-refractivity contribution in [1.82, 2.24) is 30.7 Å². The molecule has 2 aromatic carbocycles. The van der Waals surface area contributed by atoms with Crippen molar-refractivity contribution in [2.75, 3.05) is 11.9 Å². The van der Waals surface area contributed by atoms with Crippen LogP contribution < -0.4 is 21.3 Å². The van der Waals surface area contributed by atoms with Gasteiger partial charge in [-0.25, -0.2) is 0 Å². The van der Waals surface area contributed by atoms with Crippen LogP contribution in [0.4, 0.5) is 5.69 Å². The van der Waals surface area contributed by atoms with Crippen LogP contribution in [0.1, 0.15) is 88.1 Å². The Balaban J connectivity index is 1.02. The maximum atomic E-state index is 13.2. The lowest BCUT2D eigenvalue weighted by Crippen LogP contribution is -2.52. The fourth-order valence-electron chi connectivity index (χ4n) is 6.05. The number of benzene rings is 2. The Hall–Kier alpha value is -5.21. The van der Waals surface area contributed by atoms with Gasteiger partial charge in [-0.3, -0.25) is 38.8 Å². The van der Waals surface area contributed by atoms with Crippen molar-refractivity contribution >= 4 is 63.9 Å². The number of imide groups is 1. The van der Waals surface area contributed by atoms with Gasteiger partial charge in [0.1, 0.15) is 22.9 Å². The third-order valence-corrected chi connectivity index (χ3v) is 10.3. The first kappa shape index (κ1) is 35.6. The Morgan fingerprint density at radius 1 is 1.02 bits per heavy atom. The SMILES string of the molecule is Cc1sc2c(c1C)C(c1ccc(Cl)cc1)=N[C@@H](CC(=O)NCCCCC(=O)Nc1cccc(C(=O)NC3CCC(=O)NC3=O)c1)c1nnc(C)n1-2. The number of fused-ring (bicyclic) bond motifs is 3. The van der Waals surface area contributed by atoms with E-state index in [0.29, 0.717) is 41.7 Å². The molecule has 2 aliphatic heterocycles. The third-order valence-electron chi connectivity index (χ3n) is 8.84. The van der Waals surface area contributed by atoms with Crippen molar-refractivity contribution in [3.63, 3.8) is 0 Å². The zero-order valence-electron chi connectivity index (χ0n) is 28.3. The molecule has 51 heavy (non-hydrogen) atoms. The highest BCUT2D eigenvalue weighted by Crippen LogP contribution is 2.39. The molecule has 2 aliphatic rings. The number of carbonyl (C=O) groups excluding carboxylic acids is 5. The van der Waals surface area contributed by atoms with Gasteiger partial charge < -0.3 is 16.0 Å². The summed E-state index contributed by atoms with van der Waals surface area (Å²) >= 11 is 7.85.